The molecule has 0 spiro atoms. The number of carbonyl (C=O) groups excluding carboxylic acids is 1. The van der Waals surface area contributed by atoms with E-state index in [1.807, 2.05) is 6.07 Å². The second-order valence-corrected chi connectivity index (χ2v) is 4.97. The van der Waals surface area contributed by atoms with Crippen molar-refractivity contribution in [1.29, 1.82) is 0 Å². The summed E-state index contributed by atoms with van der Waals surface area (Å²) in [5, 5.41) is 6.26. The van der Waals surface area contributed by atoms with Gasteiger partial charge in [-0.1, -0.05) is 0 Å². The number of nitrogens with two attached hydrogens (primary N) is 1. The highest BCUT2D eigenvalue weighted by Crippen LogP contribution is 2.33. The van der Waals surface area contributed by atoms with Gasteiger partial charge in [-0.2, -0.15) is 0 Å². The topological polar surface area (TPSA) is 67.1 Å². The average molecular weight is 231 g/mol. The minimum Gasteiger partial charge on any atom is -0.397 e. The van der Waals surface area contributed by atoms with Crippen molar-refractivity contribution < 1.29 is 4.79 Å². The molecule has 1 aliphatic heterocycles. The van der Waals surface area contributed by atoms with Crippen LogP contribution in [0.15, 0.2) is 12.1 Å². The third-order valence-corrected chi connectivity index (χ3v) is 3.45. The molecule has 0 aromatic heterocycles. The number of hydrogen-bond donors (Lipinski definition) is 3. The molecule has 17 heavy (non-hydrogen) atoms. The summed E-state index contributed by atoms with van der Waals surface area (Å²) in [6.07, 6.45) is 4.03. The van der Waals surface area contributed by atoms with Crippen molar-refractivity contribution in [3.63, 3.8) is 0 Å². The van der Waals surface area contributed by atoms with Crippen molar-refractivity contribution in [2.24, 2.45) is 5.92 Å². The minimum absolute atomic E-state index is 0.0792. The summed E-state index contributed by atoms with van der Waals surface area (Å²) in [7, 11) is 0. The van der Waals surface area contributed by atoms with Gasteiger partial charge in [0.2, 0.25) is 5.91 Å². The predicted molar refractivity (Wildman–Crippen MR) is 69.0 cm³/mol. The first-order chi connectivity index (χ1) is 8.22. The van der Waals surface area contributed by atoms with E-state index >= 15 is 0 Å². The molecule has 1 aromatic carbocycles. The van der Waals surface area contributed by atoms with Crippen molar-refractivity contribution in [2.75, 3.05) is 22.9 Å². The maximum absolute atomic E-state index is 11.3. The van der Waals surface area contributed by atoms with Crippen LogP contribution in [0.3, 0.4) is 0 Å². The Kier molecular flexibility index (Phi) is 2.42. The van der Waals surface area contributed by atoms with Crippen LogP contribution in [0.1, 0.15) is 24.8 Å². The van der Waals surface area contributed by atoms with Crippen LogP contribution in [0.25, 0.3) is 0 Å². The SMILES string of the molecule is Nc1cc2c(cc1NCC1CC1)CCC(=O)N2. The van der Waals surface area contributed by atoms with Gasteiger partial charge in [0.15, 0.2) is 0 Å². The van der Waals surface area contributed by atoms with E-state index in [2.05, 4.69) is 16.7 Å². The zero-order chi connectivity index (χ0) is 11.8. The number of aryl methyl sites for hydroxylation is 1. The molecule has 0 saturated heterocycles. The molecule has 1 saturated carbocycles. The molecular formula is C13H17N3O. The molecule has 1 aliphatic carbocycles. The van der Waals surface area contributed by atoms with E-state index in [1.54, 1.807) is 0 Å². The third kappa shape index (κ3) is 2.20. The number of carbonyl (C=O) groups is 1. The fraction of sp³-hybridized carbons (Fsp3) is 0.462. The third-order valence-electron chi connectivity index (χ3n) is 3.45. The summed E-state index contributed by atoms with van der Waals surface area (Å²) in [4.78, 5) is 11.3. The minimum atomic E-state index is 0.0792. The molecule has 3 rings (SSSR count). The molecule has 0 atom stereocenters. The quantitative estimate of drug-likeness (QED) is 0.697. The Morgan fingerprint density at radius 3 is 2.94 bits per heavy atom. The van der Waals surface area contributed by atoms with Gasteiger partial charge < -0.3 is 16.4 Å². The van der Waals surface area contributed by atoms with Crippen molar-refractivity contribution in [1.82, 2.24) is 0 Å². The van der Waals surface area contributed by atoms with Gasteiger partial charge in [-0.25, -0.2) is 0 Å². The lowest BCUT2D eigenvalue weighted by Gasteiger charge is -2.19. The second kappa shape index (κ2) is 3.95. The van der Waals surface area contributed by atoms with Crippen molar-refractivity contribution in [3.05, 3.63) is 17.7 Å². The van der Waals surface area contributed by atoms with E-state index in [4.69, 9.17) is 5.73 Å². The standard InChI is InChI=1S/C13H17N3O/c14-10-6-11-9(3-4-13(17)16-11)5-12(10)15-7-8-1-2-8/h5-6,8,15H,1-4,7,14H2,(H,16,17). The van der Waals surface area contributed by atoms with Crippen LogP contribution in [0, 0.1) is 5.92 Å². The highest BCUT2D eigenvalue weighted by Gasteiger charge is 2.22. The number of hydrogen-bond acceptors (Lipinski definition) is 3. The Labute approximate surface area is 101 Å². The van der Waals surface area contributed by atoms with E-state index in [9.17, 15) is 4.79 Å². The van der Waals surface area contributed by atoms with Gasteiger partial charge in [0.25, 0.3) is 0 Å². The molecule has 0 unspecified atom stereocenters. The van der Waals surface area contributed by atoms with Crippen molar-refractivity contribution >= 4 is 23.0 Å². The van der Waals surface area contributed by atoms with E-state index < -0.39 is 0 Å². The molecule has 4 N–H and O–H groups in total. The number of nitrogen functional groups attached to an aromatic ring is 1. The van der Waals surface area contributed by atoms with Gasteiger partial charge in [-0.15, -0.1) is 0 Å². The zero-order valence-electron chi connectivity index (χ0n) is 9.75. The van der Waals surface area contributed by atoms with Gasteiger partial charge in [-0.3, -0.25) is 4.79 Å². The van der Waals surface area contributed by atoms with E-state index in [0.29, 0.717) is 12.1 Å². The maximum Gasteiger partial charge on any atom is 0.224 e. The van der Waals surface area contributed by atoms with Crippen LogP contribution < -0.4 is 16.4 Å². The van der Waals surface area contributed by atoms with Crippen LogP contribution in [0.4, 0.5) is 17.1 Å². The Hall–Kier alpha value is -1.71. The molecular weight excluding hydrogens is 214 g/mol. The molecule has 1 heterocycles. The Morgan fingerprint density at radius 1 is 1.35 bits per heavy atom. The van der Waals surface area contributed by atoms with Crippen LogP contribution in [-0.2, 0) is 11.2 Å². The number of benzene rings is 1. The molecule has 2 aliphatic rings. The Balaban J connectivity index is 1.81. The van der Waals surface area contributed by atoms with E-state index in [0.717, 1.165) is 30.3 Å². The summed E-state index contributed by atoms with van der Waals surface area (Å²) in [6.45, 7) is 1.01. The summed E-state index contributed by atoms with van der Waals surface area (Å²) in [6, 6.07) is 3.94. The fourth-order valence-electron chi connectivity index (χ4n) is 2.17. The summed E-state index contributed by atoms with van der Waals surface area (Å²) < 4.78 is 0. The Morgan fingerprint density at radius 2 is 2.18 bits per heavy atom. The zero-order valence-corrected chi connectivity index (χ0v) is 9.75. The number of amides is 1. The lowest BCUT2D eigenvalue weighted by Crippen LogP contribution is -2.19. The first kappa shape index (κ1) is 10.4. The van der Waals surface area contributed by atoms with E-state index in [1.165, 1.54) is 18.4 Å². The molecule has 4 nitrogen and oxygen atoms in total. The maximum atomic E-state index is 11.3. The second-order valence-electron chi connectivity index (χ2n) is 4.97. The number of anilines is 3. The first-order valence-electron chi connectivity index (χ1n) is 6.18. The lowest BCUT2D eigenvalue weighted by molar-refractivity contribution is -0.116. The normalized spacial score (nSPS) is 18.5. The molecule has 0 radical (unpaired) electrons. The van der Waals surface area contributed by atoms with Gasteiger partial charge in [0.1, 0.15) is 0 Å². The van der Waals surface area contributed by atoms with Crippen LogP contribution in [0.5, 0.6) is 0 Å². The van der Waals surface area contributed by atoms with E-state index in [-0.39, 0.29) is 5.91 Å². The van der Waals surface area contributed by atoms with Gasteiger partial charge in [0, 0.05) is 18.7 Å². The monoisotopic (exact) mass is 231 g/mol. The van der Waals surface area contributed by atoms with Crippen LogP contribution in [0.2, 0.25) is 0 Å². The Bertz CT molecular complexity index is 466. The molecule has 4 heteroatoms. The highest BCUT2D eigenvalue weighted by molar-refractivity contribution is 5.95. The summed E-state index contributed by atoms with van der Waals surface area (Å²) in [5.74, 6) is 0.903. The first-order valence-corrected chi connectivity index (χ1v) is 6.18. The number of rotatable bonds is 3. The summed E-state index contributed by atoms with van der Waals surface area (Å²) >= 11 is 0. The van der Waals surface area contributed by atoms with Crippen molar-refractivity contribution in [2.45, 2.75) is 25.7 Å². The number of fused-ring (bicyclic) bond motifs is 1. The largest absolute Gasteiger partial charge is 0.397 e. The van der Waals surface area contributed by atoms with Gasteiger partial charge >= 0.3 is 0 Å². The summed E-state index contributed by atoms with van der Waals surface area (Å²) in [5.41, 5.74) is 9.75. The number of nitrogens with one attached hydrogen (secondary N) is 2. The van der Waals surface area contributed by atoms with Crippen LogP contribution in [-0.4, -0.2) is 12.5 Å². The predicted octanol–water partition coefficient (Wildman–Crippen LogP) is 1.98. The lowest BCUT2D eigenvalue weighted by atomic mass is 10.0. The molecule has 1 amide bonds. The molecule has 1 fully saturated rings. The average Bonchev–Trinajstić information content (AvgIpc) is 3.10. The van der Waals surface area contributed by atoms with Crippen molar-refractivity contribution in [3.8, 4) is 0 Å². The molecule has 90 valence electrons. The van der Waals surface area contributed by atoms with Gasteiger partial charge in [0.05, 0.1) is 11.4 Å². The van der Waals surface area contributed by atoms with Crippen LogP contribution >= 0.6 is 0 Å². The van der Waals surface area contributed by atoms with Gasteiger partial charge in [-0.05, 0) is 42.9 Å². The fourth-order valence-corrected chi connectivity index (χ4v) is 2.17. The highest BCUT2D eigenvalue weighted by atomic mass is 16.1. The molecule has 0 bridgehead atoms. The smallest absolute Gasteiger partial charge is 0.224 e. The molecule has 1 aromatic rings.